The molecule has 0 aliphatic rings. The van der Waals surface area contributed by atoms with E-state index in [4.69, 9.17) is 9.47 Å². The Hall–Kier alpha value is -3.60. The Kier molecular flexibility index (Phi) is 5.29. The molecule has 0 saturated heterocycles. The van der Waals surface area contributed by atoms with E-state index in [1.54, 1.807) is 6.07 Å². The predicted molar refractivity (Wildman–Crippen MR) is 113 cm³/mol. The van der Waals surface area contributed by atoms with E-state index in [0.29, 0.717) is 18.7 Å². The van der Waals surface area contributed by atoms with Crippen LogP contribution in [0.3, 0.4) is 0 Å². The largest absolute Gasteiger partial charge is 0.494 e. The fourth-order valence-corrected chi connectivity index (χ4v) is 3.50. The lowest BCUT2D eigenvalue weighted by Crippen LogP contribution is -2.06. The summed E-state index contributed by atoms with van der Waals surface area (Å²) in [7, 11) is 1.36. The van der Waals surface area contributed by atoms with Crippen molar-refractivity contribution in [3.05, 3.63) is 83.7 Å². The van der Waals surface area contributed by atoms with Gasteiger partial charge in [0.1, 0.15) is 11.4 Å². The van der Waals surface area contributed by atoms with Gasteiger partial charge in [-0.05, 0) is 42.3 Å². The zero-order valence-corrected chi connectivity index (χ0v) is 16.4. The molecule has 0 saturated carbocycles. The monoisotopic (exact) mass is 386 g/mol. The smallest absolute Gasteiger partial charge is 0.356 e. The molecule has 0 bridgehead atoms. The number of hydrogen-bond acceptors (Lipinski definition) is 4. The van der Waals surface area contributed by atoms with Crippen molar-refractivity contribution in [2.45, 2.75) is 13.3 Å². The van der Waals surface area contributed by atoms with Gasteiger partial charge in [0.05, 0.1) is 19.4 Å². The number of hydrogen-bond donors (Lipinski definition) is 1. The quantitative estimate of drug-likeness (QED) is 0.473. The third kappa shape index (κ3) is 3.85. The maximum atomic E-state index is 11.9. The van der Waals surface area contributed by atoms with Gasteiger partial charge in [-0.15, -0.1) is 0 Å². The fourth-order valence-electron chi connectivity index (χ4n) is 3.50. The first-order valence-electron chi connectivity index (χ1n) is 9.56. The van der Waals surface area contributed by atoms with Gasteiger partial charge in [0.15, 0.2) is 0 Å². The molecule has 4 rings (SSSR count). The summed E-state index contributed by atoms with van der Waals surface area (Å²) in [6, 6.07) is 21.7. The van der Waals surface area contributed by atoms with E-state index in [1.807, 2.05) is 49.4 Å². The number of nitrogens with one attached hydrogen (secondary N) is 1. The van der Waals surface area contributed by atoms with Crippen LogP contribution in [0.2, 0.25) is 0 Å². The highest BCUT2D eigenvalue weighted by Gasteiger charge is 2.16. The molecular formula is C24H22N2O3. The van der Waals surface area contributed by atoms with Gasteiger partial charge in [-0.2, -0.15) is 0 Å². The number of aromatic nitrogens is 2. The van der Waals surface area contributed by atoms with Gasteiger partial charge in [0.25, 0.3) is 0 Å². The molecule has 0 aliphatic heterocycles. The second-order valence-electron chi connectivity index (χ2n) is 6.67. The summed E-state index contributed by atoms with van der Waals surface area (Å²) in [6.07, 6.45) is 0.586. The van der Waals surface area contributed by atoms with Gasteiger partial charge in [-0.3, -0.25) is 0 Å². The molecule has 0 unspecified atom stereocenters. The van der Waals surface area contributed by atoms with Crippen molar-refractivity contribution < 1.29 is 14.3 Å². The molecule has 29 heavy (non-hydrogen) atoms. The van der Waals surface area contributed by atoms with Crippen LogP contribution < -0.4 is 4.74 Å². The van der Waals surface area contributed by atoms with Crippen molar-refractivity contribution in [1.29, 1.82) is 0 Å². The minimum atomic E-state index is -0.435. The van der Waals surface area contributed by atoms with Crippen LogP contribution in [0, 0.1) is 0 Å². The van der Waals surface area contributed by atoms with Crippen LogP contribution in [0.1, 0.15) is 28.7 Å². The van der Waals surface area contributed by atoms with Gasteiger partial charge < -0.3 is 14.5 Å². The lowest BCUT2D eigenvalue weighted by Gasteiger charge is -2.07. The normalized spacial score (nSPS) is 10.8. The number of esters is 1. The number of aromatic amines is 1. The van der Waals surface area contributed by atoms with Gasteiger partial charge >= 0.3 is 5.97 Å². The van der Waals surface area contributed by atoms with Crippen molar-refractivity contribution in [2.75, 3.05) is 13.7 Å². The fraction of sp³-hybridized carbons (Fsp3) is 0.167. The number of ether oxygens (including phenoxy) is 2. The Bertz CT molecular complexity index is 1150. The number of rotatable bonds is 6. The summed E-state index contributed by atoms with van der Waals surface area (Å²) in [5, 5.41) is 1.11. The number of methoxy groups -OCH3 is 1. The van der Waals surface area contributed by atoms with E-state index in [0.717, 1.165) is 39.2 Å². The zero-order chi connectivity index (χ0) is 20.2. The minimum absolute atomic E-state index is 0.310. The molecule has 0 amide bonds. The summed E-state index contributed by atoms with van der Waals surface area (Å²) >= 11 is 0. The number of fused-ring (bicyclic) bond motifs is 1. The molecule has 2 heterocycles. The van der Waals surface area contributed by atoms with Crippen LogP contribution in [-0.4, -0.2) is 29.7 Å². The number of H-pyrrole nitrogens is 1. The highest BCUT2D eigenvalue weighted by atomic mass is 16.5. The topological polar surface area (TPSA) is 64.2 Å². The SMILES string of the molecule is CCOc1ccc2c(Cc3cccc(C(=O)OC)n3)c(-c3ccccc3)[nH]c2c1. The molecule has 0 radical (unpaired) electrons. The van der Waals surface area contributed by atoms with E-state index < -0.39 is 5.97 Å². The van der Waals surface area contributed by atoms with Gasteiger partial charge in [0, 0.05) is 29.1 Å². The molecule has 5 nitrogen and oxygen atoms in total. The summed E-state index contributed by atoms with van der Waals surface area (Å²) in [5.41, 5.74) is 5.39. The molecule has 5 heteroatoms. The van der Waals surface area contributed by atoms with Crippen LogP contribution in [0.25, 0.3) is 22.2 Å². The average molecular weight is 386 g/mol. The maximum absolute atomic E-state index is 11.9. The minimum Gasteiger partial charge on any atom is -0.494 e. The van der Waals surface area contributed by atoms with Crippen molar-refractivity contribution in [2.24, 2.45) is 0 Å². The molecule has 0 atom stereocenters. The van der Waals surface area contributed by atoms with Crippen molar-refractivity contribution >= 4 is 16.9 Å². The maximum Gasteiger partial charge on any atom is 0.356 e. The van der Waals surface area contributed by atoms with Crippen molar-refractivity contribution in [3.8, 4) is 17.0 Å². The second-order valence-corrected chi connectivity index (χ2v) is 6.67. The molecule has 0 spiro atoms. The number of pyridine rings is 1. The molecule has 0 fully saturated rings. The first-order valence-corrected chi connectivity index (χ1v) is 9.56. The first-order chi connectivity index (χ1) is 14.2. The van der Waals surface area contributed by atoms with E-state index >= 15 is 0 Å². The highest BCUT2D eigenvalue weighted by molar-refractivity contribution is 5.92. The van der Waals surface area contributed by atoms with E-state index in [-0.39, 0.29) is 0 Å². The van der Waals surface area contributed by atoms with Gasteiger partial charge in [0.2, 0.25) is 0 Å². The summed E-state index contributed by atoms with van der Waals surface area (Å²) in [6.45, 7) is 2.59. The second kappa shape index (κ2) is 8.19. The number of carbonyl (C=O) groups excluding carboxylic acids is 1. The molecule has 146 valence electrons. The Labute approximate surface area is 169 Å². The molecule has 2 aromatic heterocycles. The van der Waals surface area contributed by atoms with Gasteiger partial charge in [-0.25, -0.2) is 9.78 Å². The summed E-state index contributed by atoms with van der Waals surface area (Å²) < 4.78 is 10.5. The third-order valence-electron chi connectivity index (χ3n) is 4.81. The number of carbonyl (C=O) groups is 1. The standard InChI is InChI=1S/C24H22N2O3/c1-3-29-18-12-13-19-20(14-17-10-7-11-21(25-17)24(27)28-2)23(26-22(19)15-18)16-8-5-4-6-9-16/h4-13,15,26H,3,14H2,1-2H3. The first kappa shape index (κ1) is 18.7. The lowest BCUT2D eigenvalue weighted by molar-refractivity contribution is 0.0593. The van der Waals surface area contributed by atoms with Crippen molar-refractivity contribution in [1.82, 2.24) is 9.97 Å². The van der Waals surface area contributed by atoms with E-state index in [1.165, 1.54) is 7.11 Å². The Balaban J connectivity index is 1.82. The van der Waals surface area contributed by atoms with E-state index in [2.05, 4.69) is 28.2 Å². The molecule has 2 aromatic carbocycles. The highest BCUT2D eigenvalue weighted by Crippen LogP contribution is 2.33. The van der Waals surface area contributed by atoms with Crippen LogP contribution in [0.5, 0.6) is 5.75 Å². The molecule has 0 aliphatic carbocycles. The van der Waals surface area contributed by atoms with Crippen LogP contribution >= 0.6 is 0 Å². The van der Waals surface area contributed by atoms with Crippen LogP contribution in [0.15, 0.2) is 66.7 Å². The summed E-state index contributed by atoms with van der Waals surface area (Å²) in [4.78, 5) is 19.9. The lowest BCUT2D eigenvalue weighted by atomic mass is 10.0. The molecular weight excluding hydrogens is 364 g/mol. The average Bonchev–Trinajstić information content (AvgIpc) is 3.12. The molecule has 4 aromatic rings. The van der Waals surface area contributed by atoms with Crippen molar-refractivity contribution in [3.63, 3.8) is 0 Å². The van der Waals surface area contributed by atoms with Crippen LogP contribution in [0.4, 0.5) is 0 Å². The number of benzene rings is 2. The molecule has 1 N–H and O–H groups in total. The van der Waals surface area contributed by atoms with Crippen LogP contribution in [-0.2, 0) is 11.2 Å². The van der Waals surface area contributed by atoms with Gasteiger partial charge in [-0.1, -0.05) is 36.4 Å². The summed E-state index contributed by atoms with van der Waals surface area (Å²) in [5.74, 6) is 0.397. The predicted octanol–water partition coefficient (Wildman–Crippen LogP) is 5.01. The Morgan fingerprint density at radius 1 is 1.03 bits per heavy atom. The zero-order valence-electron chi connectivity index (χ0n) is 16.4. The Morgan fingerprint density at radius 3 is 2.62 bits per heavy atom. The number of nitrogens with zero attached hydrogens (tertiary/aromatic N) is 1. The van der Waals surface area contributed by atoms with E-state index in [9.17, 15) is 4.79 Å². The Morgan fingerprint density at radius 2 is 1.86 bits per heavy atom. The third-order valence-corrected chi connectivity index (χ3v) is 4.81.